The predicted molar refractivity (Wildman–Crippen MR) is 42.8 cm³/mol. The predicted octanol–water partition coefficient (Wildman–Crippen LogP) is 0.939. The summed E-state index contributed by atoms with van der Waals surface area (Å²) in [5, 5.41) is 0. The van der Waals surface area contributed by atoms with Crippen LogP contribution in [0.4, 0.5) is 0 Å². The first-order valence-electron chi connectivity index (χ1n) is 3.15. The topological polar surface area (TPSA) is 63.6 Å². The normalized spacial score (nSPS) is 10.3. The maximum Gasteiger partial charge on any atom is 0.294 e. The van der Waals surface area contributed by atoms with E-state index in [1.165, 1.54) is 31.4 Å². The Morgan fingerprint density at radius 2 is 1.69 bits per heavy atom. The van der Waals surface area contributed by atoms with E-state index in [2.05, 4.69) is 0 Å². The van der Waals surface area contributed by atoms with Crippen molar-refractivity contribution in [2.24, 2.45) is 0 Å². The Balaban J connectivity index is 0.00000144. The molecule has 6 heteroatoms. The molecule has 0 aliphatic carbocycles. The molecule has 0 saturated carbocycles. The second-order valence-electron chi connectivity index (χ2n) is 2.15. The molecule has 0 unspecified atom stereocenters. The van der Waals surface area contributed by atoms with Crippen molar-refractivity contribution >= 4 is 10.1 Å². The van der Waals surface area contributed by atoms with Gasteiger partial charge in [-0.15, -0.1) is 0 Å². The molecule has 1 aromatic carbocycles. The van der Waals surface area contributed by atoms with Crippen LogP contribution >= 0.6 is 0 Å². The summed E-state index contributed by atoms with van der Waals surface area (Å²) in [5.74, 6) is 0.544. The molecule has 0 bridgehead atoms. The van der Waals surface area contributed by atoms with E-state index in [4.69, 9.17) is 9.29 Å². The minimum Gasteiger partial charge on any atom is -0.497 e. The van der Waals surface area contributed by atoms with Crippen LogP contribution in [-0.2, 0) is 32.5 Å². The number of hydrogen-bond donors (Lipinski definition) is 1. The van der Waals surface area contributed by atoms with E-state index in [0.29, 0.717) is 5.75 Å². The molecule has 0 fully saturated rings. The van der Waals surface area contributed by atoms with Crippen molar-refractivity contribution in [1.82, 2.24) is 0 Å². The van der Waals surface area contributed by atoms with Gasteiger partial charge in [0.2, 0.25) is 0 Å². The van der Waals surface area contributed by atoms with Gasteiger partial charge in [0, 0.05) is 22.4 Å². The Hall–Kier alpha value is -0.330. The van der Waals surface area contributed by atoms with E-state index in [-0.39, 0.29) is 27.3 Å². The SMILES string of the molecule is COc1ccc(S(=O)(=O)O)cc1.[Ag]. The fourth-order valence-electron chi connectivity index (χ4n) is 0.748. The first-order valence-corrected chi connectivity index (χ1v) is 4.59. The molecule has 4 nitrogen and oxygen atoms in total. The molecule has 1 rings (SSSR count). The molecule has 0 aromatic heterocycles. The average Bonchev–Trinajstić information content (AvgIpc) is 2.03. The Morgan fingerprint density at radius 3 is 2.00 bits per heavy atom. The smallest absolute Gasteiger partial charge is 0.294 e. The van der Waals surface area contributed by atoms with E-state index in [0.717, 1.165) is 0 Å². The number of ether oxygens (including phenoxy) is 1. The van der Waals surface area contributed by atoms with Gasteiger partial charge in [-0.05, 0) is 24.3 Å². The summed E-state index contributed by atoms with van der Waals surface area (Å²) in [6.45, 7) is 0. The summed E-state index contributed by atoms with van der Waals surface area (Å²) in [7, 11) is -2.61. The molecule has 1 aromatic rings. The van der Waals surface area contributed by atoms with E-state index in [9.17, 15) is 8.42 Å². The van der Waals surface area contributed by atoms with Gasteiger partial charge in [0.15, 0.2) is 0 Å². The van der Waals surface area contributed by atoms with Gasteiger partial charge in [-0.2, -0.15) is 8.42 Å². The molecule has 0 aliphatic rings. The van der Waals surface area contributed by atoms with Crippen LogP contribution in [0.5, 0.6) is 5.75 Å². The summed E-state index contributed by atoms with van der Waals surface area (Å²) in [6.07, 6.45) is 0. The van der Waals surface area contributed by atoms with Crippen molar-refractivity contribution in [3.05, 3.63) is 24.3 Å². The van der Waals surface area contributed by atoms with Crippen molar-refractivity contribution in [1.29, 1.82) is 0 Å². The molecule has 0 amide bonds. The second-order valence-corrected chi connectivity index (χ2v) is 3.57. The minimum atomic E-state index is -4.08. The number of hydrogen-bond acceptors (Lipinski definition) is 3. The molecule has 0 heterocycles. The molecular formula is C7H8AgO4S. The molecule has 0 spiro atoms. The van der Waals surface area contributed by atoms with Gasteiger partial charge in [-0.1, -0.05) is 0 Å². The van der Waals surface area contributed by atoms with Crippen molar-refractivity contribution < 1.29 is 40.1 Å². The van der Waals surface area contributed by atoms with Gasteiger partial charge in [0.1, 0.15) is 5.75 Å². The Bertz CT molecular complexity index is 357. The third-order valence-corrected chi connectivity index (χ3v) is 2.23. The molecule has 13 heavy (non-hydrogen) atoms. The molecule has 77 valence electrons. The third kappa shape index (κ3) is 3.50. The van der Waals surface area contributed by atoms with Gasteiger partial charge in [0.05, 0.1) is 12.0 Å². The first kappa shape index (κ1) is 12.7. The summed E-state index contributed by atoms with van der Waals surface area (Å²) < 4.78 is 34.5. The van der Waals surface area contributed by atoms with E-state index >= 15 is 0 Å². The van der Waals surface area contributed by atoms with Gasteiger partial charge in [0.25, 0.3) is 10.1 Å². The second kappa shape index (κ2) is 4.78. The zero-order chi connectivity index (χ0) is 9.19. The zero-order valence-corrected chi connectivity index (χ0v) is 8.99. The number of methoxy groups -OCH3 is 1. The van der Waals surface area contributed by atoms with E-state index in [1.807, 2.05) is 0 Å². The van der Waals surface area contributed by atoms with Crippen LogP contribution in [0.25, 0.3) is 0 Å². The van der Waals surface area contributed by atoms with Crippen LogP contribution in [0.15, 0.2) is 29.2 Å². The monoisotopic (exact) mass is 295 g/mol. The van der Waals surface area contributed by atoms with Gasteiger partial charge >= 0.3 is 0 Å². The van der Waals surface area contributed by atoms with Crippen molar-refractivity contribution in [3.8, 4) is 5.75 Å². The number of benzene rings is 1. The average molecular weight is 296 g/mol. The van der Waals surface area contributed by atoms with Crippen molar-refractivity contribution in [3.63, 3.8) is 0 Å². The number of rotatable bonds is 2. The fraction of sp³-hybridized carbons (Fsp3) is 0.143. The van der Waals surface area contributed by atoms with Crippen molar-refractivity contribution in [2.45, 2.75) is 4.90 Å². The maximum atomic E-state index is 10.5. The molecule has 1 radical (unpaired) electrons. The van der Waals surface area contributed by atoms with E-state index in [1.54, 1.807) is 0 Å². The molecule has 0 aliphatic heterocycles. The quantitative estimate of drug-likeness (QED) is 0.651. The Labute approximate surface area is 92.2 Å². The molecule has 1 N–H and O–H groups in total. The van der Waals surface area contributed by atoms with Gasteiger partial charge in [-0.25, -0.2) is 0 Å². The van der Waals surface area contributed by atoms with Crippen LogP contribution in [0.1, 0.15) is 0 Å². The molecular weight excluding hydrogens is 288 g/mol. The third-order valence-electron chi connectivity index (χ3n) is 1.36. The summed E-state index contributed by atoms with van der Waals surface area (Å²) in [5.41, 5.74) is 0. The summed E-state index contributed by atoms with van der Waals surface area (Å²) >= 11 is 0. The fourth-order valence-corrected chi connectivity index (χ4v) is 1.23. The van der Waals surface area contributed by atoms with E-state index < -0.39 is 10.1 Å². The van der Waals surface area contributed by atoms with Crippen LogP contribution < -0.4 is 4.74 Å². The van der Waals surface area contributed by atoms with Crippen LogP contribution in [0.3, 0.4) is 0 Å². The van der Waals surface area contributed by atoms with Crippen LogP contribution in [0, 0.1) is 0 Å². The van der Waals surface area contributed by atoms with Gasteiger partial charge in [-0.3, -0.25) is 4.55 Å². The Kier molecular flexibility index (Phi) is 4.66. The van der Waals surface area contributed by atoms with Crippen LogP contribution in [0.2, 0.25) is 0 Å². The Morgan fingerprint density at radius 1 is 1.23 bits per heavy atom. The van der Waals surface area contributed by atoms with Crippen LogP contribution in [-0.4, -0.2) is 20.1 Å². The van der Waals surface area contributed by atoms with Gasteiger partial charge < -0.3 is 4.74 Å². The molecule has 0 saturated heterocycles. The largest absolute Gasteiger partial charge is 0.497 e. The first-order chi connectivity index (χ1) is 5.54. The summed E-state index contributed by atoms with van der Waals surface area (Å²) in [4.78, 5) is -0.136. The zero-order valence-electron chi connectivity index (χ0n) is 6.69. The molecule has 0 atom stereocenters. The standard InChI is InChI=1S/C7H8O4S.Ag/c1-11-6-2-4-7(5-3-6)12(8,9)10;/h2-5H,1H3,(H,8,9,10);. The minimum absolute atomic E-state index is 0. The van der Waals surface area contributed by atoms with Crippen molar-refractivity contribution in [2.75, 3.05) is 7.11 Å². The summed E-state index contributed by atoms with van der Waals surface area (Å²) in [6, 6.07) is 5.47. The maximum absolute atomic E-state index is 10.5.